The largest absolute Gasteiger partial charge is 0.313 e. The molecule has 0 aromatic heterocycles. The lowest BCUT2D eigenvalue weighted by Gasteiger charge is -2.20. The van der Waals surface area contributed by atoms with Crippen LogP contribution in [0.3, 0.4) is 0 Å². The van der Waals surface area contributed by atoms with Crippen LogP contribution in [-0.2, 0) is 16.6 Å². The van der Waals surface area contributed by atoms with E-state index in [2.05, 4.69) is 5.32 Å². The van der Waals surface area contributed by atoms with Crippen LogP contribution in [0.15, 0.2) is 17.0 Å². The van der Waals surface area contributed by atoms with E-state index in [-0.39, 0.29) is 0 Å². The number of benzene rings is 1. The molecule has 118 valence electrons. The van der Waals surface area contributed by atoms with Crippen molar-refractivity contribution in [2.45, 2.75) is 38.1 Å². The second-order valence-corrected chi connectivity index (χ2v) is 8.15. The predicted octanol–water partition coefficient (Wildman–Crippen LogP) is 2.79. The number of hydrogen-bond donors (Lipinski definition) is 1. The Balaban J connectivity index is 2.34. The van der Waals surface area contributed by atoms with E-state index >= 15 is 0 Å². The molecule has 2 rings (SSSR count). The van der Waals surface area contributed by atoms with Gasteiger partial charge in [0, 0.05) is 25.2 Å². The summed E-state index contributed by atoms with van der Waals surface area (Å²) in [6.07, 6.45) is 2.25. The first-order chi connectivity index (χ1) is 9.86. The number of nitrogens with zero attached hydrogens (tertiary/aromatic N) is 1. The Bertz CT molecular complexity index is 612. The number of hydrogen-bond acceptors (Lipinski definition) is 3. The zero-order chi connectivity index (χ0) is 15.6. The van der Waals surface area contributed by atoms with Gasteiger partial charge in [-0.1, -0.05) is 18.5 Å². The van der Waals surface area contributed by atoms with Gasteiger partial charge in [-0.05, 0) is 55.5 Å². The summed E-state index contributed by atoms with van der Waals surface area (Å²) in [6.45, 7) is 5.91. The van der Waals surface area contributed by atoms with Crippen molar-refractivity contribution in [3.05, 3.63) is 28.3 Å². The molecule has 0 amide bonds. The summed E-state index contributed by atoms with van der Waals surface area (Å²) in [5.74, 6) is 0.519. The van der Waals surface area contributed by atoms with Crippen molar-refractivity contribution in [2.24, 2.45) is 5.92 Å². The van der Waals surface area contributed by atoms with Gasteiger partial charge in [0.1, 0.15) is 0 Å². The third-order valence-corrected chi connectivity index (χ3v) is 6.07. The van der Waals surface area contributed by atoms with E-state index in [9.17, 15) is 8.42 Å². The van der Waals surface area contributed by atoms with Crippen LogP contribution in [0.25, 0.3) is 0 Å². The second-order valence-electron chi connectivity index (χ2n) is 5.70. The van der Waals surface area contributed by atoms with E-state index in [1.165, 1.54) is 4.31 Å². The molecule has 0 saturated heterocycles. The van der Waals surface area contributed by atoms with E-state index in [0.29, 0.717) is 28.9 Å². The highest BCUT2D eigenvalue weighted by Crippen LogP contribution is 2.32. The van der Waals surface area contributed by atoms with Crippen LogP contribution in [0.4, 0.5) is 0 Å². The van der Waals surface area contributed by atoms with Gasteiger partial charge in [0.15, 0.2) is 0 Å². The molecule has 1 aliphatic carbocycles. The first-order valence-electron chi connectivity index (χ1n) is 7.32. The monoisotopic (exact) mass is 330 g/mol. The topological polar surface area (TPSA) is 49.4 Å². The van der Waals surface area contributed by atoms with Crippen molar-refractivity contribution in [1.29, 1.82) is 0 Å². The van der Waals surface area contributed by atoms with Crippen molar-refractivity contribution in [2.75, 3.05) is 20.1 Å². The molecule has 1 saturated carbocycles. The predicted molar refractivity (Wildman–Crippen MR) is 86.1 cm³/mol. The summed E-state index contributed by atoms with van der Waals surface area (Å²) >= 11 is 6.12. The number of sulfonamides is 1. The molecule has 1 aromatic carbocycles. The van der Waals surface area contributed by atoms with Gasteiger partial charge >= 0.3 is 0 Å². The highest BCUT2D eigenvalue weighted by atomic mass is 35.5. The molecule has 1 fully saturated rings. The molecule has 0 unspecified atom stereocenters. The molecule has 1 aliphatic rings. The Morgan fingerprint density at radius 1 is 1.38 bits per heavy atom. The Labute approximate surface area is 132 Å². The van der Waals surface area contributed by atoms with Gasteiger partial charge in [0.25, 0.3) is 0 Å². The van der Waals surface area contributed by atoms with Crippen LogP contribution in [-0.4, -0.2) is 32.9 Å². The summed E-state index contributed by atoms with van der Waals surface area (Å²) in [5, 5.41) is 3.68. The fourth-order valence-corrected chi connectivity index (χ4v) is 4.19. The first-order valence-corrected chi connectivity index (χ1v) is 9.14. The van der Waals surface area contributed by atoms with E-state index in [4.69, 9.17) is 11.6 Å². The van der Waals surface area contributed by atoms with Crippen molar-refractivity contribution >= 4 is 21.6 Å². The van der Waals surface area contributed by atoms with Crippen molar-refractivity contribution < 1.29 is 8.42 Å². The summed E-state index contributed by atoms with van der Waals surface area (Å²) in [4.78, 5) is 0.325. The maximum atomic E-state index is 12.7. The summed E-state index contributed by atoms with van der Waals surface area (Å²) < 4.78 is 26.9. The summed E-state index contributed by atoms with van der Waals surface area (Å²) in [7, 11) is -1.82. The maximum absolute atomic E-state index is 12.7. The highest BCUT2D eigenvalue weighted by molar-refractivity contribution is 7.89. The molecule has 0 radical (unpaired) electrons. The quantitative estimate of drug-likeness (QED) is 0.836. The lowest BCUT2D eigenvalue weighted by Crippen LogP contribution is -2.30. The lowest BCUT2D eigenvalue weighted by molar-refractivity contribution is 0.452. The highest BCUT2D eigenvalue weighted by Gasteiger charge is 2.30. The molecular formula is C15H23ClN2O2S. The number of rotatable bonds is 7. The minimum Gasteiger partial charge on any atom is -0.313 e. The van der Waals surface area contributed by atoms with Crippen LogP contribution >= 0.6 is 11.6 Å². The lowest BCUT2D eigenvalue weighted by atomic mass is 10.1. The van der Waals surface area contributed by atoms with Crippen molar-refractivity contribution in [1.82, 2.24) is 9.62 Å². The maximum Gasteiger partial charge on any atom is 0.243 e. The molecular weight excluding hydrogens is 308 g/mol. The molecule has 0 aliphatic heterocycles. The van der Waals surface area contributed by atoms with Gasteiger partial charge < -0.3 is 5.32 Å². The smallest absolute Gasteiger partial charge is 0.243 e. The average molecular weight is 331 g/mol. The SMILES string of the molecule is CCNCc1cc(Cl)cc(S(=O)(=O)N(C)CC2CC2)c1C. The Morgan fingerprint density at radius 3 is 2.62 bits per heavy atom. The van der Waals surface area contributed by atoms with E-state index in [1.807, 2.05) is 19.9 Å². The van der Waals surface area contributed by atoms with E-state index in [0.717, 1.165) is 30.5 Å². The van der Waals surface area contributed by atoms with Crippen LogP contribution in [0, 0.1) is 12.8 Å². The van der Waals surface area contributed by atoms with Crippen LogP contribution in [0.1, 0.15) is 30.9 Å². The van der Waals surface area contributed by atoms with Gasteiger partial charge in [0.05, 0.1) is 4.90 Å². The Morgan fingerprint density at radius 2 is 2.05 bits per heavy atom. The van der Waals surface area contributed by atoms with Crippen molar-refractivity contribution in [3.63, 3.8) is 0 Å². The molecule has 0 spiro atoms. The fourth-order valence-electron chi connectivity index (χ4n) is 2.35. The minimum atomic E-state index is -3.47. The molecule has 21 heavy (non-hydrogen) atoms. The Hall–Kier alpha value is -0.620. The molecule has 0 heterocycles. The molecule has 6 heteroatoms. The molecule has 0 bridgehead atoms. The third-order valence-electron chi connectivity index (χ3n) is 3.90. The molecule has 1 N–H and O–H groups in total. The standard InChI is InChI=1S/C15H23ClN2O2S/c1-4-17-9-13-7-14(16)8-15(11(13)2)21(19,20)18(3)10-12-5-6-12/h7-8,12,17H,4-6,9-10H2,1-3H3. The molecule has 0 atom stereocenters. The first kappa shape index (κ1) is 16.7. The van der Waals surface area contributed by atoms with E-state index in [1.54, 1.807) is 13.1 Å². The van der Waals surface area contributed by atoms with Gasteiger partial charge in [-0.3, -0.25) is 0 Å². The van der Waals surface area contributed by atoms with Gasteiger partial charge in [-0.25, -0.2) is 12.7 Å². The minimum absolute atomic E-state index is 0.325. The second kappa shape index (κ2) is 6.65. The number of halogens is 1. The van der Waals surface area contributed by atoms with Gasteiger partial charge in [-0.2, -0.15) is 0 Å². The summed E-state index contributed by atoms with van der Waals surface area (Å²) in [6, 6.07) is 3.39. The zero-order valence-electron chi connectivity index (χ0n) is 12.8. The Kier molecular flexibility index (Phi) is 5.30. The molecule has 1 aromatic rings. The average Bonchev–Trinajstić information content (AvgIpc) is 3.23. The third kappa shape index (κ3) is 3.97. The van der Waals surface area contributed by atoms with Crippen LogP contribution < -0.4 is 5.32 Å². The van der Waals surface area contributed by atoms with Crippen LogP contribution in [0.2, 0.25) is 5.02 Å². The zero-order valence-corrected chi connectivity index (χ0v) is 14.4. The molecule has 4 nitrogen and oxygen atoms in total. The normalized spacial score (nSPS) is 15.7. The fraction of sp³-hybridized carbons (Fsp3) is 0.600. The van der Waals surface area contributed by atoms with Crippen molar-refractivity contribution in [3.8, 4) is 0 Å². The van der Waals surface area contributed by atoms with Crippen LogP contribution in [0.5, 0.6) is 0 Å². The van der Waals surface area contributed by atoms with Gasteiger partial charge in [0.2, 0.25) is 10.0 Å². The van der Waals surface area contributed by atoms with E-state index < -0.39 is 10.0 Å². The van der Waals surface area contributed by atoms with Gasteiger partial charge in [-0.15, -0.1) is 0 Å². The summed E-state index contributed by atoms with van der Waals surface area (Å²) in [5.41, 5.74) is 1.71. The number of nitrogens with one attached hydrogen (secondary N) is 1.